The Labute approximate surface area is 215 Å². The maximum atomic E-state index is 13.4. The van der Waals surface area contributed by atoms with Gasteiger partial charge in [-0.05, 0) is 65.8 Å². The van der Waals surface area contributed by atoms with Crippen molar-refractivity contribution in [3.8, 4) is 0 Å². The summed E-state index contributed by atoms with van der Waals surface area (Å²) >= 11 is 0. The zero-order valence-electron chi connectivity index (χ0n) is 22.3. The third-order valence-corrected chi connectivity index (χ3v) is 7.24. The first kappa shape index (κ1) is 27.4. The SMILES string of the molecule is CCCCCCCON=C(C(=O)Nc1ccccc1C(=O)O)c1ccc2c(c1)C(C)(C)CCC2(C)C. The molecule has 0 saturated heterocycles. The topological polar surface area (TPSA) is 88.0 Å². The van der Waals surface area contributed by atoms with Crippen LogP contribution in [-0.2, 0) is 20.5 Å². The summed E-state index contributed by atoms with van der Waals surface area (Å²) in [6.07, 6.45) is 7.59. The van der Waals surface area contributed by atoms with Gasteiger partial charge in [-0.25, -0.2) is 4.79 Å². The van der Waals surface area contributed by atoms with Crippen LogP contribution in [0.15, 0.2) is 47.6 Å². The highest BCUT2D eigenvalue weighted by molar-refractivity contribution is 6.49. The average Bonchev–Trinajstić information content (AvgIpc) is 2.84. The minimum atomic E-state index is -1.11. The second-order valence-corrected chi connectivity index (χ2v) is 11.0. The molecule has 1 amide bonds. The van der Waals surface area contributed by atoms with Crippen molar-refractivity contribution in [1.82, 2.24) is 0 Å². The lowest BCUT2D eigenvalue weighted by Crippen LogP contribution is -2.34. The van der Waals surface area contributed by atoms with E-state index in [-0.39, 0.29) is 27.8 Å². The van der Waals surface area contributed by atoms with Crippen LogP contribution in [0.3, 0.4) is 0 Å². The highest BCUT2D eigenvalue weighted by Gasteiger charge is 2.37. The highest BCUT2D eigenvalue weighted by Crippen LogP contribution is 2.46. The third-order valence-electron chi connectivity index (χ3n) is 7.24. The molecule has 1 aliphatic rings. The molecular weight excluding hydrogens is 452 g/mol. The van der Waals surface area contributed by atoms with E-state index >= 15 is 0 Å². The molecule has 0 spiro atoms. The first-order chi connectivity index (χ1) is 17.1. The van der Waals surface area contributed by atoms with E-state index < -0.39 is 11.9 Å². The van der Waals surface area contributed by atoms with Gasteiger partial charge in [0.05, 0.1) is 11.3 Å². The van der Waals surface area contributed by atoms with E-state index in [0.717, 1.165) is 32.1 Å². The van der Waals surface area contributed by atoms with Crippen molar-refractivity contribution in [2.45, 2.75) is 90.4 Å². The summed E-state index contributed by atoms with van der Waals surface area (Å²) in [5.41, 5.74) is 3.58. The number of unbranched alkanes of at least 4 members (excludes halogenated alkanes) is 4. The Morgan fingerprint density at radius 3 is 2.31 bits per heavy atom. The molecule has 2 aromatic carbocycles. The number of rotatable bonds is 11. The van der Waals surface area contributed by atoms with Crippen LogP contribution in [0, 0.1) is 0 Å². The Morgan fingerprint density at radius 1 is 0.944 bits per heavy atom. The Morgan fingerprint density at radius 2 is 1.61 bits per heavy atom. The minimum Gasteiger partial charge on any atom is -0.478 e. The molecule has 0 bridgehead atoms. The number of nitrogens with one attached hydrogen (secondary N) is 1. The van der Waals surface area contributed by atoms with Crippen LogP contribution < -0.4 is 5.32 Å². The number of carbonyl (C=O) groups excluding carboxylic acids is 1. The van der Waals surface area contributed by atoms with Crippen molar-refractivity contribution in [3.63, 3.8) is 0 Å². The van der Waals surface area contributed by atoms with Gasteiger partial charge in [-0.2, -0.15) is 0 Å². The molecule has 2 N–H and O–H groups in total. The normalized spacial score (nSPS) is 16.2. The lowest BCUT2D eigenvalue weighted by atomic mass is 9.63. The molecule has 36 heavy (non-hydrogen) atoms. The molecule has 6 nitrogen and oxygen atoms in total. The average molecular weight is 493 g/mol. The van der Waals surface area contributed by atoms with Crippen LogP contribution in [0.25, 0.3) is 0 Å². The van der Waals surface area contributed by atoms with E-state index in [2.05, 4.69) is 57.2 Å². The van der Waals surface area contributed by atoms with E-state index in [1.54, 1.807) is 18.2 Å². The fraction of sp³-hybridized carbons (Fsp3) is 0.500. The second-order valence-electron chi connectivity index (χ2n) is 11.0. The smallest absolute Gasteiger partial charge is 0.337 e. The Kier molecular flexibility index (Phi) is 8.93. The summed E-state index contributed by atoms with van der Waals surface area (Å²) in [6.45, 7) is 11.6. The number of nitrogens with zero attached hydrogens (tertiary/aromatic N) is 1. The van der Waals surface area contributed by atoms with Gasteiger partial charge in [0, 0.05) is 5.56 Å². The van der Waals surface area contributed by atoms with Gasteiger partial charge in [0.25, 0.3) is 5.91 Å². The molecule has 0 aromatic heterocycles. The summed E-state index contributed by atoms with van der Waals surface area (Å²) in [4.78, 5) is 30.7. The van der Waals surface area contributed by atoms with Gasteiger partial charge in [0.2, 0.25) is 0 Å². The van der Waals surface area contributed by atoms with E-state index in [1.165, 1.54) is 30.0 Å². The minimum absolute atomic E-state index is 0.0235. The lowest BCUT2D eigenvalue weighted by molar-refractivity contribution is -0.110. The largest absolute Gasteiger partial charge is 0.478 e. The Bertz CT molecular complexity index is 1120. The molecule has 0 aliphatic heterocycles. The van der Waals surface area contributed by atoms with Gasteiger partial charge in [-0.3, -0.25) is 4.79 Å². The number of carboxylic acid groups (broad SMARTS) is 1. The monoisotopic (exact) mass is 492 g/mol. The number of hydrogen-bond donors (Lipinski definition) is 2. The molecule has 0 saturated carbocycles. The van der Waals surface area contributed by atoms with Crippen molar-refractivity contribution in [1.29, 1.82) is 0 Å². The van der Waals surface area contributed by atoms with Crippen LogP contribution in [0.1, 0.15) is 107 Å². The molecule has 3 rings (SSSR count). The van der Waals surface area contributed by atoms with Gasteiger partial charge in [-0.1, -0.05) is 83.3 Å². The lowest BCUT2D eigenvalue weighted by Gasteiger charge is -2.42. The van der Waals surface area contributed by atoms with Crippen molar-refractivity contribution in [2.75, 3.05) is 11.9 Å². The number of carbonyl (C=O) groups is 2. The third kappa shape index (κ3) is 6.54. The second kappa shape index (κ2) is 11.7. The van der Waals surface area contributed by atoms with Crippen LogP contribution in [0.5, 0.6) is 0 Å². The van der Waals surface area contributed by atoms with Crippen LogP contribution in [-0.4, -0.2) is 29.3 Å². The summed E-state index contributed by atoms with van der Waals surface area (Å²) < 4.78 is 0. The summed E-state index contributed by atoms with van der Waals surface area (Å²) in [6, 6.07) is 12.4. The number of aromatic carboxylic acids is 1. The number of amides is 1. The van der Waals surface area contributed by atoms with Crippen molar-refractivity contribution >= 4 is 23.3 Å². The van der Waals surface area contributed by atoms with Crippen molar-refractivity contribution in [3.05, 3.63) is 64.7 Å². The maximum absolute atomic E-state index is 13.4. The zero-order valence-corrected chi connectivity index (χ0v) is 22.3. The molecule has 194 valence electrons. The number of benzene rings is 2. The summed E-state index contributed by atoms with van der Waals surface area (Å²) in [7, 11) is 0. The van der Waals surface area contributed by atoms with Crippen LogP contribution in [0.2, 0.25) is 0 Å². The van der Waals surface area contributed by atoms with Gasteiger partial charge in [0.1, 0.15) is 6.61 Å². The first-order valence-corrected chi connectivity index (χ1v) is 13.1. The number of para-hydroxylation sites is 1. The predicted molar refractivity (Wildman–Crippen MR) is 145 cm³/mol. The van der Waals surface area contributed by atoms with E-state index in [0.29, 0.717) is 12.2 Å². The fourth-order valence-corrected chi connectivity index (χ4v) is 4.80. The molecule has 1 aliphatic carbocycles. The predicted octanol–water partition coefficient (Wildman–Crippen LogP) is 7.06. The number of oxime groups is 1. The molecule has 2 aromatic rings. The molecule has 0 radical (unpaired) electrons. The standard InChI is InChI=1S/C30H40N2O4/c1-6-7-8-9-12-19-36-32-26(27(33)31-25-14-11-10-13-22(25)28(34)35)21-15-16-23-24(20-21)30(4,5)18-17-29(23,2)3/h10-11,13-16,20H,6-9,12,17-19H2,1-5H3,(H,31,33)(H,34,35). The molecule has 0 atom stereocenters. The first-order valence-electron chi connectivity index (χ1n) is 13.1. The Balaban J connectivity index is 1.93. The zero-order chi connectivity index (χ0) is 26.3. The van der Waals surface area contributed by atoms with Gasteiger partial charge in [-0.15, -0.1) is 0 Å². The molecule has 0 fully saturated rings. The number of fused-ring (bicyclic) bond motifs is 1. The molecule has 0 heterocycles. The van der Waals surface area contributed by atoms with E-state index in [4.69, 9.17) is 4.84 Å². The fourth-order valence-electron chi connectivity index (χ4n) is 4.80. The van der Waals surface area contributed by atoms with Crippen molar-refractivity contribution in [2.24, 2.45) is 5.16 Å². The van der Waals surface area contributed by atoms with Crippen LogP contribution >= 0.6 is 0 Å². The molecule has 6 heteroatoms. The van der Waals surface area contributed by atoms with Crippen LogP contribution in [0.4, 0.5) is 5.69 Å². The summed E-state index contributed by atoms with van der Waals surface area (Å²) in [5.74, 6) is -1.60. The quantitative estimate of drug-likeness (QED) is 0.200. The molecular formula is C30H40N2O4. The Hall–Kier alpha value is -3.15. The van der Waals surface area contributed by atoms with E-state index in [9.17, 15) is 14.7 Å². The maximum Gasteiger partial charge on any atom is 0.337 e. The van der Waals surface area contributed by atoms with E-state index in [1.807, 2.05) is 6.07 Å². The van der Waals surface area contributed by atoms with Gasteiger partial charge < -0.3 is 15.3 Å². The number of carboxylic acids is 1. The van der Waals surface area contributed by atoms with Gasteiger partial charge >= 0.3 is 5.97 Å². The highest BCUT2D eigenvalue weighted by atomic mass is 16.6. The molecule has 0 unspecified atom stereocenters. The summed E-state index contributed by atoms with van der Waals surface area (Å²) in [5, 5.41) is 16.5. The van der Waals surface area contributed by atoms with Gasteiger partial charge in [0.15, 0.2) is 5.71 Å². The number of hydrogen-bond acceptors (Lipinski definition) is 4. The van der Waals surface area contributed by atoms with Crippen molar-refractivity contribution < 1.29 is 19.5 Å². The number of anilines is 1.